The number of benzene rings is 2. The monoisotopic (exact) mass is 516 g/mol. The fraction of sp³-hybridized carbons (Fsp3) is 0.222. The van der Waals surface area contributed by atoms with E-state index in [1.54, 1.807) is 28.1 Å². The predicted octanol–water partition coefficient (Wildman–Crippen LogP) is 4.69. The lowest BCUT2D eigenvalue weighted by atomic mass is 10.1. The van der Waals surface area contributed by atoms with E-state index >= 15 is 0 Å². The minimum atomic E-state index is -0.108. The fourth-order valence-corrected chi connectivity index (χ4v) is 4.31. The molecule has 0 atom stereocenters. The van der Waals surface area contributed by atoms with Crippen molar-refractivity contribution < 1.29 is 14.1 Å². The van der Waals surface area contributed by atoms with Crippen molar-refractivity contribution in [3.8, 4) is 11.3 Å². The normalized spacial score (nSPS) is 13.5. The first kappa shape index (κ1) is 24.5. The third-order valence-electron chi connectivity index (χ3n) is 6.25. The van der Waals surface area contributed by atoms with Crippen LogP contribution in [0.1, 0.15) is 33.3 Å². The van der Waals surface area contributed by atoms with E-state index in [1.807, 2.05) is 49.4 Å². The average molecular weight is 517 g/mol. The van der Waals surface area contributed by atoms with Crippen LogP contribution in [0.4, 0.5) is 11.6 Å². The summed E-state index contributed by atoms with van der Waals surface area (Å²) in [4.78, 5) is 38.2. The molecule has 9 nitrogen and oxygen atoms in total. The van der Waals surface area contributed by atoms with Crippen molar-refractivity contribution >= 4 is 35.1 Å². The molecule has 188 valence electrons. The first-order chi connectivity index (χ1) is 18.0. The number of rotatable bonds is 6. The molecule has 3 heterocycles. The number of aryl methyl sites for hydroxylation is 1. The van der Waals surface area contributed by atoms with Gasteiger partial charge in [0.05, 0.1) is 11.4 Å². The molecular formula is C27H25ClN6O3. The molecule has 2 amide bonds. The van der Waals surface area contributed by atoms with Gasteiger partial charge < -0.3 is 19.6 Å². The number of aromatic nitrogens is 3. The zero-order valence-corrected chi connectivity index (χ0v) is 21.0. The Morgan fingerprint density at radius 3 is 2.30 bits per heavy atom. The van der Waals surface area contributed by atoms with Gasteiger partial charge in [-0.1, -0.05) is 35.8 Å². The lowest BCUT2D eigenvalue weighted by Gasteiger charge is -2.34. The topological polar surface area (TPSA) is 104 Å². The summed E-state index contributed by atoms with van der Waals surface area (Å²) in [5.74, 6) is 0.271. The molecule has 1 fully saturated rings. The van der Waals surface area contributed by atoms with Crippen molar-refractivity contribution in [3.63, 3.8) is 0 Å². The summed E-state index contributed by atoms with van der Waals surface area (Å²) < 4.78 is 4.96. The van der Waals surface area contributed by atoms with Crippen LogP contribution >= 0.6 is 11.6 Å². The standard InChI is InChI=1S/C27H25ClN6O3/c1-2-23-22(17-37-32-23)26(36)34-15-13-33(14-16-34)25(35)19-5-9-21(10-6-19)30-27-29-12-11-24(31-27)18-3-7-20(28)8-4-18/h3-12,17H,2,13-16H2,1H3,(H,29,30,31). The summed E-state index contributed by atoms with van der Waals surface area (Å²) in [5.41, 5.74) is 4.19. The van der Waals surface area contributed by atoms with Gasteiger partial charge in [-0.2, -0.15) is 0 Å². The van der Waals surface area contributed by atoms with E-state index in [9.17, 15) is 9.59 Å². The first-order valence-corrected chi connectivity index (χ1v) is 12.4. The second-order valence-electron chi connectivity index (χ2n) is 8.59. The fourth-order valence-electron chi connectivity index (χ4n) is 4.18. The number of amides is 2. The Morgan fingerprint density at radius 1 is 0.946 bits per heavy atom. The number of hydrogen-bond donors (Lipinski definition) is 1. The Hall–Kier alpha value is -4.24. The Balaban J connectivity index is 1.19. The van der Waals surface area contributed by atoms with Gasteiger partial charge in [0.1, 0.15) is 11.8 Å². The van der Waals surface area contributed by atoms with Crippen LogP contribution in [0.5, 0.6) is 0 Å². The van der Waals surface area contributed by atoms with Crippen molar-refractivity contribution in [2.24, 2.45) is 0 Å². The van der Waals surface area contributed by atoms with Gasteiger partial charge in [-0.25, -0.2) is 9.97 Å². The van der Waals surface area contributed by atoms with E-state index < -0.39 is 0 Å². The third kappa shape index (κ3) is 5.46. The van der Waals surface area contributed by atoms with Crippen LogP contribution in [0.25, 0.3) is 11.3 Å². The molecule has 1 aliphatic rings. The van der Waals surface area contributed by atoms with Gasteiger partial charge in [0.15, 0.2) is 0 Å². The first-order valence-electron chi connectivity index (χ1n) is 12.0. The predicted molar refractivity (Wildman–Crippen MR) is 140 cm³/mol. The quantitative estimate of drug-likeness (QED) is 0.396. The number of piperazine rings is 1. The highest BCUT2D eigenvalue weighted by Gasteiger charge is 2.27. The Kier molecular flexibility index (Phi) is 7.14. The molecule has 1 aliphatic heterocycles. The number of carbonyl (C=O) groups is 2. The zero-order chi connectivity index (χ0) is 25.8. The second kappa shape index (κ2) is 10.8. The van der Waals surface area contributed by atoms with Crippen LogP contribution in [-0.4, -0.2) is 62.9 Å². The number of halogens is 1. The molecule has 0 bridgehead atoms. The van der Waals surface area contributed by atoms with Crippen LogP contribution in [-0.2, 0) is 6.42 Å². The van der Waals surface area contributed by atoms with Gasteiger partial charge in [0, 0.05) is 54.2 Å². The molecular weight excluding hydrogens is 492 g/mol. The van der Waals surface area contributed by atoms with Gasteiger partial charge in [-0.05, 0) is 48.9 Å². The SMILES string of the molecule is CCc1nocc1C(=O)N1CCN(C(=O)c2ccc(Nc3nccc(-c4ccc(Cl)cc4)n3)cc2)CC1. The van der Waals surface area contributed by atoms with E-state index in [-0.39, 0.29) is 11.8 Å². The molecule has 1 saturated heterocycles. The number of hydrogen-bond acceptors (Lipinski definition) is 7. The van der Waals surface area contributed by atoms with Gasteiger partial charge in [-0.3, -0.25) is 9.59 Å². The maximum Gasteiger partial charge on any atom is 0.259 e. The van der Waals surface area contributed by atoms with E-state index in [4.69, 9.17) is 16.1 Å². The molecule has 0 spiro atoms. The van der Waals surface area contributed by atoms with Crippen LogP contribution < -0.4 is 5.32 Å². The van der Waals surface area contributed by atoms with Crippen molar-refractivity contribution in [1.82, 2.24) is 24.9 Å². The van der Waals surface area contributed by atoms with Crippen LogP contribution in [0, 0.1) is 0 Å². The second-order valence-corrected chi connectivity index (χ2v) is 9.02. The highest BCUT2D eigenvalue weighted by molar-refractivity contribution is 6.30. The molecule has 0 aliphatic carbocycles. The molecule has 2 aromatic heterocycles. The van der Waals surface area contributed by atoms with Gasteiger partial charge >= 0.3 is 0 Å². The molecule has 0 unspecified atom stereocenters. The summed E-state index contributed by atoms with van der Waals surface area (Å²) >= 11 is 5.98. The molecule has 1 N–H and O–H groups in total. The Labute approximate surface area is 219 Å². The maximum absolute atomic E-state index is 13.0. The van der Waals surface area contributed by atoms with Gasteiger partial charge in [-0.15, -0.1) is 0 Å². The lowest BCUT2D eigenvalue weighted by molar-refractivity contribution is 0.0534. The molecule has 0 saturated carbocycles. The molecule has 2 aromatic carbocycles. The number of anilines is 2. The number of nitrogens with one attached hydrogen (secondary N) is 1. The van der Waals surface area contributed by atoms with Crippen LogP contribution in [0.2, 0.25) is 5.02 Å². The minimum Gasteiger partial charge on any atom is -0.364 e. The maximum atomic E-state index is 13.0. The Bertz CT molecular complexity index is 1400. The summed E-state index contributed by atoms with van der Waals surface area (Å²) in [6.07, 6.45) is 3.71. The highest BCUT2D eigenvalue weighted by Crippen LogP contribution is 2.22. The summed E-state index contributed by atoms with van der Waals surface area (Å²) in [6, 6.07) is 16.5. The van der Waals surface area contributed by atoms with E-state index in [0.29, 0.717) is 60.4 Å². The van der Waals surface area contributed by atoms with E-state index in [2.05, 4.69) is 20.4 Å². The summed E-state index contributed by atoms with van der Waals surface area (Å²) in [5, 5.41) is 7.73. The average Bonchev–Trinajstić information content (AvgIpc) is 3.42. The zero-order valence-electron chi connectivity index (χ0n) is 20.2. The lowest BCUT2D eigenvalue weighted by Crippen LogP contribution is -2.50. The van der Waals surface area contributed by atoms with Crippen molar-refractivity contribution in [1.29, 1.82) is 0 Å². The van der Waals surface area contributed by atoms with Gasteiger partial charge in [0.2, 0.25) is 5.95 Å². The van der Waals surface area contributed by atoms with Crippen molar-refractivity contribution in [2.75, 3.05) is 31.5 Å². The largest absolute Gasteiger partial charge is 0.364 e. The van der Waals surface area contributed by atoms with Crippen LogP contribution in [0.15, 0.2) is 71.6 Å². The molecule has 4 aromatic rings. The highest BCUT2D eigenvalue weighted by atomic mass is 35.5. The van der Waals surface area contributed by atoms with Gasteiger partial charge in [0.25, 0.3) is 11.8 Å². The molecule has 37 heavy (non-hydrogen) atoms. The summed E-state index contributed by atoms with van der Waals surface area (Å²) in [7, 11) is 0. The molecule has 0 radical (unpaired) electrons. The molecule has 5 rings (SSSR count). The summed E-state index contributed by atoms with van der Waals surface area (Å²) in [6.45, 7) is 3.77. The van der Waals surface area contributed by atoms with E-state index in [1.165, 1.54) is 6.26 Å². The van der Waals surface area contributed by atoms with Crippen molar-refractivity contribution in [3.05, 3.63) is 88.9 Å². The van der Waals surface area contributed by atoms with Crippen LogP contribution in [0.3, 0.4) is 0 Å². The number of carbonyl (C=O) groups excluding carboxylic acids is 2. The number of nitrogens with zero attached hydrogens (tertiary/aromatic N) is 5. The minimum absolute atomic E-state index is 0.0705. The van der Waals surface area contributed by atoms with Crippen molar-refractivity contribution in [2.45, 2.75) is 13.3 Å². The molecule has 10 heteroatoms. The Morgan fingerprint density at radius 2 is 1.62 bits per heavy atom. The smallest absolute Gasteiger partial charge is 0.259 e. The van der Waals surface area contributed by atoms with E-state index in [0.717, 1.165) is 16.9 Å². The third-order valence-corrected chi connectivity index (χ3v) is 6.50.